The molecule has 1 amide bonds. The Kier molecular flexibility index (Phi) is 6.51. The van der Waals surface area contributed by atoms with Crippen molar-refractivity contribution < 1.29 is 22.7 Å². The van der Waals surface area contributed by atoms with Crippen LogP contribution in [0.4, 0.5) is 5.69 Å². The van der Waals surface area contributed by atoms with Crippen molar-refractivity contribution in [2.24, 2.45) is 0 Å². The van der Waals surface area contributed by atoms with E-state index in [4.69, 9.17) is 9.47 Å². The lowest BCUT2D eigenvalue weighted by Gasteiger charge is -2.34. The molecule has 1 saturated heterocycles. The van der Waals surface area contributed by atoms with Gasteiger partial charge in [0.2, 0.25) is 15.9 Å². The van der Waals surface area contributed by atoms with Crippen LogP contribution in [0.2, 0.25) is 0 Å². The molecule has 1 aromatic heterocycles. The summed E-state index contributed by atoms with van der Waals surface area (Å²) in [5.41, 5.74) is 0.784. The number of hydrogen-bond donors (Lipinski definition) is 1. The quantitative estimate of drug-likeness (QED) is 0.773. The van der Waals surface area contributed by atoms with Crippen molar-refractivity contribution in [3.8, 4) is 5.88 Å². The van der Waals surface area contributed by atoms with Crippen molar-refractivity contribution in [1.29, 1.82) is 0 Å². The van der Waals surface area contributed by atoms with Crippen LogP contribution in [0.25, 0.3) is 0 Å². The Balaban J connectivity index is 1.74. The number of rotatable bonds is 6. The molecule has 156 valence electrons. The van der Waals surface area contributed by atoms with E-state index in [-0.39, 0.29) is 28.9 Å². The number of sulfonamides is 1. The standard InChI is InChI=1S/C20H25N3O5S/c1-4-27-20-18(6-5-11-21-20)19(24)22-16-7-9-17(10-8-16)29(25,26)23-12-14(2)28-15(3)13-23/h5-11,14-15H,4,12-13H2,1-3H3,(H,22,24)/t14-,15-/m0/s1. The first-order valence-electron chi connectivity index (χ1n) is 9.46. The maximum absolute atomic E-state index is 12.9. The third-order valence-electron chi connectivity index (χ3n) is 4.43. The summed E-state index contributed by atoms with van der Waals surface area (Å²) in [6.45, 7) is 6.53. The molecule has 2 atom stereocenters. The average molecular weight is 420 g/mol. The summed E-state index contributed by atoms with van der Waals surface area (Å²) in [4.78, 5) is 16.8. The highest BCUT2D eigenvalue weighted by molar-refractivity contribution is 7.89. The first-order chi connectivity index (χ1) is 13.8. The fraction of sp³-hybridized carbons (Fsp3) is 0.400. The molecule has 3 rings (SSSR count). The van der Waals surface area contributed by atoms with E-state index in [2.05, 4.69) is 10.3 Å². The molecule has 9 heteroatoms. The predicted molar refractivity (Wildman–Crippen MR) is 109 cm³/mol. The normalized spacial score (nSPS) is 20.2. The Morgan fingerprint density at radius 3 is 2.48 bits per heavy atom. The van der Waals surface area contributed by atoms with E-state index < -0.39 is 10.0 Å². The molecule has 1 N–H and O–H groups in total. The molecule has 1 aliphatic heterocycles. The number of amides is 1. The highest BCUT2D eigenvalue weighted by Crippen LogP contribution is 2.23. The van der Waals surface area contributed by atoms with Crippen molar-refractivity contribution >= 4 is 21.6 Å². The van der Waals surface area contributed by atoms with Gasteiger partial charge in [-0.1, -0.05) is 0 Å². The monoisotopic (exact) mass is 419 g/mol. The summed E-state index contributed by atoms with van der Waals surface area (Å²) >= 11 is 0. The van der Waals surface area contributed by atoms with Crippen molar-refractivity contribution in [2.45, 2.75) is 37.9 Å². The Labute approximate surface area is 170 Å². The van der Waals surface area contributed by atoms with E-state index >= 15 is 0 Å². The van der Waals surface area contributed by atoms with Gasteiger partial charge in [-0.15, -0.1) is 0 Å². The third kappa shape index (κ3) is 4.92. The SMILES string of the molecule is CCOc1ncccc1C(=O)Nc1ccc(S(=O)(=O)N2C[C@H](C)O[C@@H](C)C2)cc1. The van der Waals surface area contributed by atoms with Gasteiger partial charge in [-0.3, -0.25) is 4.79 Å². The maximum Gasteiger partial charge on any atom is 0.261 e. The Morgan fingerprint density at radius 2 is 1.86 bits per heavy atom. The molecule has 2 aromatic rings. The van der Waals surface area contributed by atoms with Crippen molar-refractivity contribution in [2.75, 3.05) is 25.0 Å². The number of nitrogens with zero attached hydrogens (tertiary/aromatic N) is 2. The summed E-state index contributed by atoms with van der Waals surface area (Å²) in [6, 6.07) is 9.37. The molecule has 29 heavy (non-hydrogen) atoms. The highest BCUT2D eigenvalue weighted by atomic mass is 32.2. The van der Waals surface area contributed by atoms with Crippen LogP contribution < -0.4 is 10.1 Å². The van der Waals surface area contributed by atoms with Gasteiger partial charge in [0.05, 0.1) is 23.7 Å². The first-order valence-corrected chi connectivity index (χ1v) is 10.9. The van der Waals surface area contributed by atoms with E-state index in [1.54, 1.807) is 30.5 Å². The van der Waals surface area contributed by atoms with Crippen molar-refractivity contribution in [1.82, 2.24) is 9.29 Å². The van der Waals surface area contributed by atoms with Gasteiger partial charge < -0.3 is 14.8 Å². The second-order valence-electron chi connectivity index (χ2n) is 6.85. The summed E-state index contributed by atoms with van der Waals surface area (Å²) in [7, 11) is -3.63. The van der Waals surface area contributed by atoms with Gasteiger partial charge in [-0.05, 0) is 57.2 Å². The Hall–Kier alpha value is -2.49. The summed E-state index contributed by atoms with van der Waals surface area (Å²) in [5.74, 6) is -0.129. The second kappa shape index (κ2) is 8.89. The third-order valence-corrected chi connectivity index (χ3v) is 6.28. The molecular weight excluding hydrogens is 394 g/mol. The van der Waals surface area contributed by atoms with E-state index in [9.17, 15) is 13.2 Å². The number of carbonyl (C=O) groups is 1. The molecule has 0 saturated carbocycles. The lowest BCUT2D eigenvalue weighted by Crippen LogP contribution is -2.48. The number of hydrogen-bond acceptors (Lipinski definition) is 6. The first kappa shape index (κ1) is 21.2. The number of anilines is 1. The summed E-state index contributed by atoms with van der Waals surface area (Å²) < 4.78 is 38.2. The smallest absolute Gasteiger partial charge is 0.261 e. The zero-order valence-corrected chi connectivity index (χ0v) is 17.5. The molecule has 0 unspecified atom stereocenters. The highest BCUT2D eigenvalue weighted by Gasteiger charge is 2.32. The Morgan fingerprint density at radius 1 is 1.21 bits per heavy atom. The van der Waals surface area contributed by atoms with E-state index in [1.165, 1.54) is 16.4 Å². The van der Waals surface area contributed by atoms with Crippen LogP contribution in [0.3, 0.4) is 0 Å². The number of carbonyl (C=O) groups excluding carboxylic acids is 1. The molecule has 0 radical (unpaired) electrons. The van der Waals surface area contributed by atoms with E-state index in [0.29, 0.717) is 30.9 Å². The minimum Gasteiger partial charge on any atom is -0.477 e. The number of nitrogens with one attached hydrogen (secondary N) is 1. The largest absolute Gasteiger partial charge is 0.477 e. The molecule has 2 heterocycles. The van der Waals surface area contributed by atoms with E-state index in [1.807, 2.05) is 20.8 Å². The van der Waals surface area contributed by atoms with Crippen LogP contribution in [0.1, 0.15) is 31.1 Å². The molecule has 0 bridgehead atoms. The molecule has 1 aromatic carbocycles. The lowest BCUT2D eigenvalue weighted by atomic mass is 10.2. The fourth-order valence-electron chi connectivity index (χ4n) is 3.20. The minimum atomic E-state index is -3.63. The van der Waals surface area contributed by atoms with Crippen LogP contribution >= 0.6 is 0 Å². The van der Waals surface area contributed by atoms with Crippen molar-refractivity contribution in [3.05, 3.63) is 48.2 Å². The van der Waals surface area contributed by atoms with Crippen LogP contribution in [0.15, 0.2) is 47.5 Å². The van der Waals surface area contributed by atoms with Gasteiger partial charge in [0.15, 0.2) is 0 Å². The molecule has 0 spiro atoms. The van der Waals surface area contributed by atoms with Gasteiger partial charge in [-0.25, -0.2) is 13.4 Å². The number of benzene rings is 1. The second-order valence-corrected chi connectivity index (χ2v) is 8.78. The zero-order chi connectivity index (χ0) is 21.0. The molecule has 1 fully saturated rings. The van der Waals surface area contributed by atoms with Crippen LogP contribution in [-0.4, -0.2) is 55.5 Å². The van der Waals surface area contributed by atoms with Gasteiger partial charge in [0.1, 0.15) is 5.56 Å². The minimum absolute atomic E-state index is 0.161. The lowest BCUT2D eigenvalue weighted by molar-refractivity contribution is -0.0440. The van der Waals surface area contributed by atoms with Gasteiger partial charge >= 0.3 is 0 Å². The predicted octanol–water partition coefficient (Wildman–Crippen LogP) is 2.53. The molecule has 1 aliphatic rings. The van der Waals surface area contributed by atoms with Gasteiger partial charge in [0.25, 0.3) is 5.91 Å². The Bertz CT molecular complexity index is 952. The van der Waals surface area contributed by atoms with Crippen LogP contribution in [0, 0.1) is 0 Å². The summed E-state index contributed by atoms with van der Waals surface area (Å²) in [5, 5.41) is 2.74. The van der Waals surface area contributed by atoms with Gasteiger partial charge in [-0.2, -0.15) is 4.31 Å². The van der Waals surface area contributed by atoms with Gasteiger partial charge in [0, 0.05) is 25.0 Å². The summed E-state index contributed by atoms with van der Waals surface area (Å²) in [6.07, 6.45) is 1.23. The number of pyridine rings is 1. The fourth-order valence-corrected chi connectivity index (χ4v) is 4.79. The number of morpholine rings is 1. The van der Waals surface area contributed by atoms with E-state index in [0.717, 1.165) is 0 Å². The molecule has 8 nitrogen and oxygen atoms in total. The zero-order valence-electron chi connectivity index (χ0n) is 16.7. The molecular formula is C20H25N3O5S. The maximum atomic E-state index is 12.9. The van der Waals surface area contributed by atoms with Crippen LogP contribution in [0.5, 0.6) is 5.88 Å². The van der Waals surface area contributed by atoms with Crippen molar-refractivity contribution in [3.63, 3.8) is 0 Å². The topological polar surface area (TPSA) is 97.8 Å². The molecule has 0 aliphatic carbocycles. The number of aromatic nitrogens is 1. The number of ether oxygens (including phenoxy) is 2. The van der Waals surface area contributed by atoms with Crippen LogP contribution in [-0.2, 0) is 14.8 Å². The average Bonchev–Trinajstić information content (AvgIpc) is 2.68.